The predicted octanol–water partition coefficient (Wildman–Crippen LogP) is 5.31. The number of aryl methyl sites for hydroxylation is 1. The van der Waals surface area contributed by atoms with E-state index in [1.54, 1.807) is 24.3 Å². The molecular formula is C35H34N2O7. The maximum atomic E-state index is 11.4. The summed E-state index contributed by atoms with van der Waals surface area (Å²) in [5.74, 6) is 1.46. The highest BCUT2D eigenvalue weighted by Gasteiger charge is 2.18. The van der Waals surface area contributed by atoms with Gasteiger partial charge in [0.15, 0.2) is 11.5 Å². The summed E-state index contributed by atoms with van der Waals surface area (Å²) in [6.45, 7) is 5.18. The lowest BCUT2D eigenvalue weighted by atomic mass is 9.96. The van der Waals surface area contributed by atoms with E-state index in [-0.39, 0.29) is 13.2 Å². The first-order chi connectivity index (χ1) is 21.4. The van der Waals surface area contributed by atoms with E-state index in [1.165, 1.54) is 0 Å². The minimum absolute atomic E-state index is 0.156. The van der Waals surface area contributed by atoms with Gasteiger partial charge < -0.3 is 29.2 Å². The molecule has 1 heterocycles. The van der Waals surface area contributed by atoms with Gasteiger partial charge in [-0.25, -0.2) is 0 Å². The van der Waals surface area contributed by atoms with Crippen molar-refractivity contribution in [3.63, 3.8) is 0 Å². The van der Waals surface area contributed by atoms with Crippen LogP contribution in [0.3, 0.4) is 0 Å². The molecule has 0 fully saturated rings. The van der Waals surface area contributed by atoms with Gasteiger partial charge in [-0.1, -0.05) is 36.4 Å². The average molecular weight is 595 g/mol. The maximum absolute atomic E-state index is 11.4. The first-order valence-electron chi connectivity index (χ1n) is 14.3. The summed E-state index contributed by atoms with van der Waals surface area (Å²) in [7, 11) is 0. The highest BCUT2D eigenvalue weighted by molar-refractivity contribution is 5.73. The predicted molar refractivity (Wildman–Crippen MR) is 164 cm³/mol. The molecule has 0 unspecified atom stereocenters. The summed E-state index contributed by atoms with van der Waals surface area (Å²) in [4.78, 5) is 11.4. The number of benzene rings is 4. The molecule has 44 heavy (non-hydrogen) atoms. The summed E-state index contributed by atoms with van der Waals surface area (Å²) in [6.07, 6.45) is 0. The lowest BCUT2D eigenvalue weighted by Gasteiger charge is -2.20. The van der Waals surface area contributed by atoms with Crippen LogP contribution < -0.4 is 24.3 Å². The van der Waals surface area contributed by atoms with Crippen molar-refractivity contribution in [2.75, 3.05) is 19.8 Å². The van der Waals surface area contributed by atoms with Crippen LogP contribution in [0.5, 0.6) is 23.0 Å². The monoisotopic (exact) mass is 594 g/mol. The smallest absolute Gasteiger partial charge is 0.323 e. The van der Waals surface area contributed by atoms with E-state index in [4.69, 9.17) is 18.9 Å². The number of rotatable bonds is 12. The molecule has 1 aliphatic heterocycles. The van der Waals surface area contributed by atoms with Gasteiger partial charge in [0.2, 0.25) is 0 Å². The van der Waals surface area contributed by atoms with Crippen molar-refractivity contribution >= 4 is 5.97 Å². The fraction of sp³-hybridized carbons (Fsp3) is 0.257. The SMILES string of the molecule is Cc1cc(CN[C@H](CO)C(=O)O)c(OCc2cccc(C#N)c2)cc1OCc1cccc(-c2ccc3c(c2)OCCO3)c1C. The third-order valence-electron chi connectivity index (χ3n) is 7.51. The molecule has 226 valence electrons. The molecule has 4 aromatic carbocycles. The van der Waals surface area contributed by atoms with Crippen molar-refractivity contribution in [3.05, 3.63) is 106 Å². The third-order valence-corrected chi connectivity index (χ3v) is 7.51. The van der Waals surface area contributed by atoms with Crippen molar-refractivity contribution in [1.82, 2.24) is 5.32 Å². The second kappa shape index (κ2) is 14.0. The minimum Gasteiger partial charge on any atom is -0.488 e. The van der Waals surface area contributed by atoms with Crippen molar-refractivity contribution in [1.29, 1.82) is 5.26 Å². The highest BCUT2D eigenvalue weighted by Crippen LogP contribution is 2.37. The number of hydrogen-bond acceptors (Lipinski definition) is 8. The van der Waals surface area contributed by atoms with Gasteiger partial charge in [-0.2, -0.15) is 5.26 Å². The van der Waals surface area contributed by atoms with Gasteiger partial charge in [0.1, 0.15) is 44.0 Å². The van der Waals surface area contributed by atoms with Crippen molar-refractivity contribution in [2.24, 2.45) is 0 Å². The van der Waals surface area contributed by atoms with E-state index in [0.717, 1.165) is 44.9 Å². The van der Waals surface area contributed by atoms with Crippen molar-refractivity contribution in [2.45, 2.75) is 39.6 Å². The Morgan fingerprint density at radius 1 is 0.932 bits per heavy atom. The number of carboxylic acid groups (broad SMARTS) is 1. The fourth-order valence-corrected chi connectivity index (χ4v) is 5.03. The molecule has 0 aliphatic carbocycles. The van der Waals surface area contributed by atoms with Gasteiger partial charge in [0.05, 0.1) is 18.2 Å². The number of ether oxygens (including phenoxy) is 4. The zero-order valence-corrected chi connectivity index (χ0v) is 24.6. The lowest BCUT2D eigenvalue weighted by Crippen LogP contribution is -2.39. The number of nitrogens with one attached hydrogen (secondary N) is 1. The molecule has 1 atom stereocenters. The van der Waals surface area contributed by atoms with E-state index in [9.17, 15) is 20.3 Å². The summed E-state index contributed by atoms with van der Waals surface area (Å²) in [5.41, 5.74) is 7.10. The standard InChI is InChI=1S/C35H34N2O7/c1-22-13-28(18-37-30(19-38)35(39)40)33(43-20-25-6-3-5-24(14-25)17-36)16-32(22)44-21-27-7-4-8-29(23(27)2)26-9-10-31-34(15-26)42-12-11-41-31/h3-10,13-16,30,37-38H,11-12,18-21H2,1-2H3,(H,39,40)/t30-/m1/s1. The van der Waals surface area contributed by atoms with Gasteiger partial charge in [0, 0.05) is 18.2 Å². The fourth-order valence-electron chi connectivity index (χ4n) is 5.03. The molecule has 0 radical (unpaired) electrons. The quantitative estimate of drug-likeness (QED) is 0.200. The molecule has 5 rings (SSSR count). The van der Waals surface area contributed by atoms with Gasteiger partial charge in [0.25, 0.3) is 0 Å². The molecule has 9 heteroatoms. The Bertz CT molecular complexity index is 1700. The van der Waals surface area contributed by atoms with Crippen LogP contribution in [0.15, 0.2) is 72.8 Å². The Kier molecular flexibility index (Phi) is 9.65. The number of nitrogens with zero attached hydrogens (tertiary/aromatic N) is 1. The number of aliphatic carboxylic acids is 1. The second-order valence-electron chi connectivity index (χ2n) is 10.5. The van der Waals surface area contributed by atoms with Crippen LogP contribution in [0, 0.1) is 25.2 Å². The summed E-state index contributed by atoms with van der Waals surface area (Å²) < 4.78 is 24.0. The first-order valence-corrected chi connectivity index (χ1v) is 14.3. The summed E-state index contributed by atoms with van der Waals surface area (Å²) in [5, 5.41) is 30.9. The lowest BCUT2D eigenvalue weighted by molar-refractivity contribution is -0.140. The van der Waals surface area contributed by atoms with Crippen LogP contribution in [0.1, 0.15) is 33.4 Å². The zero-order valence-electron chi connectivity index (χ0n) is 24.6. The zero-order chi connectivity index (χ0) is 31.1. The molecule has 3 N–H and O–H groups in total. The summed E-state index contributed by atoms with van der Waals surface area (Å²) in [6, 6.07) is 23.9. The molecule has 0 bridgehead atoms. The first kappa shape index (κ1) is 30.4. The Morgan fingerprint density at radius 2 is 1.70 bits per heavy atom. The molecule has 0 spiro atoms. The molecule has 0 aromatic heterocycles. The van der Waals surface area contributed by atoms with Crippen LogP contribution in [-0.2, 0) is 24.6 Å². The highest BCUT2D eigenvalue weighted by atomic mass is 16.6. The maximum Gasteiger partial charge on any atom is 0.323 e. The third kappa shape index (κ3) is 7.11. The van der Waals surface area contributed by atoms with Crippen LogP contribution in [-0.4, -0.2) is 42.0 Å². The number of aliphatic hydroxyl groups excluding tert-OH is 1. The normalized spacial score (nSPS) is 12.7. The molecular weight excluding hydrogens is 560 g/mol. The Labute approximate surface area is 256 Å². The van der Waals surface area contributed by atoms with E-state index in [1.807, 2.05) is 49.4 Å². The van der Waals surface area contributed by atoms with Gasteiger partial charge in [-0.05, 0) is 77.6 Å². The molecule has 0 saturated heterocycles. The van der Waals surface area contributed by atoms with Crippen LogP contribution in [0.25, 0.3) is 11.1 Å². The minimum atomic E-state index is -1.14. The van der Waals surface area contributed by atoms with Gasteiger partial charge in [-0.15, -0.1) is 0 Å². The number of carbonyl (C=O) groups is 1. The van der Waals surface area contributed by atoms with E-state index >= 15 is 0 Å². The molecule has 0 amide bonds. The Morgan fingerprint density at radius 3 is 2.48 bits per heavy atom. The van der Waals surface area contributed by atoms with Crippen LogP contribution in [0.2, 0.25) is 0 Å². The Balaban J connectivity index is 1.37. The number of aliphatic hydroxyl groups is 1. The summed E-state index contributed by atoms with van der Waals surface area (Å²) >= 11 is 0. The number of nitriles is 1. The van der Waals surface area contributed by atoms with Crippen LogP contribution >= 0.6 is 0 Å². The Hall–Kier alpha value is -5.04. The number of carboxylic acids is 1. The molecule has 0 saturated carbocycles. The van der Waals surface area contributed by atoms with E-state index < -0.39 is 18.6 Å². The largest absolute Gasteiger partial charge is 0.488 e. The van der Waals surface area contributed by atoms with E-state index in [2.05, 4.69) is 24.4 Å². The van der Waals surface area contributed by atoms with Crippen LogP contribution in [0.4, 0.5) is 0 Å². The van der Waals surface area contributed by atoms with Gasteiger partial charge >= 0.3 is 5.97 Å². The van der Waals surface area contributed by atoms with Crippen molar-refractivity contribution in [3.8, 4) is 40.2 Å². The second-order valence-corrected chi connectivity index (χ2v) is 10.5. The number of hydrogen-bond donors (Lipinski definition) is 3. The molecule has 4 aromatic rings. The molecule has 1 aliphatic rings. The van der Waals surface area contributed by atoms with Gasteiger partial charge in [-0.3, -0.25) is 10.1 Å². The molecule has 9 nitrogen and oxygen atoms in total. The number of fused-ring (bicyclic) bond motifs is 1. The van der Waals surface area contributed by atoms with E-state index in [0.29, 0.717) is 42.4 Å². The topological polar surface area (TPSA) is 130 Å². The average Bonchev–Trinajstić information content (AvgIpc) is 3.04. The van der Waals surface area contributed by atoms with Crippen molar-refractivity contribution < 1.29 is 34.0 Å².